The molecule has 1 aliphatic heterocycles. The minimum atomic E-state index is -0.242. The smallest absolute Gasteiger partial charge is 0.310 e. The first-order valence-corrected chi connectivity index (χ1v) is 8.92. The summed E-state index contributed by atoms with van der Waals surface area (Å²) >= 11 is 0. The second kappa shape index (κ2) is 15.6. The maximum absolute atomic E-state index is 11.4. The molecule has 0 amide bonds. The molecule has 2 N–H and O–H groups in total. The molecule has 0 spiro atoms. The van der Waals surface area contributed by atoms with Crippen LogP contribution >= 0.6 is 24.0 Å². The third kappa shape index (κ3) is 11.6. The van der Waals surface area contributed by atoms with E-state index in [9.17, 15) is 4.79 Å². The molecule has 0 aromatic rings. The number of nitrogens with one attached hydrogen (secondary N) is 2. The molecule has 25 heavy (non-hydrogen) atoms. The van der Waals surface area contributed by atoms with E-state index in [2.05, 4.69) is 15.6 Å². The zero-order valence-electron chi connectivity index (χ0n) is 15.7. The second-order valence-electron chi connectivity index (χ2n) is 6.05. The quantitative estimate of drug-likeness (QED) is 0.166. The van der Waals surface area contributed by atoms with Crippen LogP contribution in [0, 0.1) is 11.8 Å². The number of methoxy groups -OCH3 is 1. The van der Waals surface area contributed by atoms with E-state index in [0.717, 1.165) is 64.7 Å². The van der Waals surface area contributed by atoms with Gasteiger partial charge in [0.15, 0.2) is 5.96 Å². The van der Waals surface area contributed by atoms with Gasteiger partial charge in [0.25, 0.3) is 0 Å². The molecule has 0 aliphatic carbocycles. The van der Waals surface area contributed by atoms with E-state index < -0.39 is 0 Å². The van der Waals surface area contributed by atoms with Gasteiger partial charge in [0, 0.05) is 39.5 Å². The number of rotatable bonds is 10. The highest BCUT2D eigenvalue weighted by atomic mass is 127. The van der Waals surface area contributed by atoms with Crippen molar-refractivity contribution in [2.75, 3.05) is 53.2 Å². The molecule has 1 unspecified atom stereocenters. The Morgan fingerprint density at radius 3 is 2.68 bits per heavy atom. The summed E-state index contributed by atoms with van der Waals surface area (Å²) in [5.41, 5.74) is 0. The van der Waals surface area contributed by atoms with Gasteiger partial charge in [-0.05, 0) is 32.1 Å². The highest BCUT2D eigenvalue weighted by Crippen LogP contribution is 2.14. The van der Waals surface area contributed by atoms with Crippen LogP contribution in [0.5, 0.6) is 0 Å². The van der Waals surface area contributed by atoms with Gasteiger partial charge in [-0.3, -0.25) is 9.79 Å². The Morgan fingerprint density at radius 1 is 1.32 bits per heavy atom. The molecule has 0 saturated carbocycles. The Labute approximate surface area is 168 Å². The molecule has 148 valence electrons. The van der Waals surface area contributed by atoms with Crippen LogP contribution in [-0.2, 0) is 19.0 Å². The topological polar surface area (TPSA) is 81.2 Å². The fourth-order valence-corrected chi connectivity index (χ4v) is 2.39. The average Bonchev–Trinajstić information content (AvgIpc) is 2.62. The van der Waals surface area contributed by atoms with Gasteiger partial charge in [-0.25, -0.2) is 0 Å². The number of hydrogen-bond donors (Lipinski definition) is 2. The summed E-state index contributed by atoms with van der Waals surface area (Å²) in [5.74, 6) is 0.882. The molecule has 0 bridgehead atoms. The van der Waals surface area contributed by atoms with Crippen LogP contribution in [0.25, 0.3) is 0 Å². The maximum Gasteiger partial charge on any atom is 0.310 e. The van der Waals surface area contributed by atoms with E-state index in [0.29, 0.717) is 12.5 Å². The number of hydrogen-bond acceptors (Lipinski definition) is 5. The SMILES string of the molecule is CCNC(=NCC(C)C(=O)OC)NCCCOCC1CCOCC1.I. The van der Waals surface area contributed by atoms with Crippen LogP contribution in [0.1, 0.15) is 33.1 Å². The van der Waals surface area contributed by atoms with Gasteiger partial charge < -0.3 is 24.8 Å². The van der Waals surface area contributed by atoms with Crippen LogP contribution in [0.2, 0.25) is 0 Å². The number of guanidine groups is 1. The van der Waals surface area contributed by atoms with Gasteiger partial charge in [-0.15, -0.1) is 24.0 Å². The molecule has 1 fully saturated rings. The van der Waals surface area contributed by atoms with Gasteiger partial charge in [-0.1, -0.05) is 6.92 Å². The van der Waals surface area contributed by atoms with E-state index in [-0.39, 0.29) is 35.9 Å². The molecular weight excluding hydrogens is 437 g/mol. The summed E-state index contributed by atoms with van der Waals surface area (Å²) in [5, 5.41) is 6.43. The van der Waals surface area contributed by atoms with Crippen molar-refractivity contribution in [3.63, 3.8) is 0 Å². The van der Waals surface area contributed by atoms with Crippen LogP contribution in [0.15, 0.2) is 4.99 Å². The fraction of sp³-hybridized carbons (Fsp3) is 0.882. The lowest BCUT2D eigenvalue weighted by atomic mass is 10.0. The molecule has 1 atom stereocenters. The van der Waals surface area contributed by atoms with E-state index in [4.69, 9.17) is 14.2 Å². The normalized spacial score (nSPS) is 16.7. The van der Waals surface area contributed by atoms with Crippen LogP contribution in [0.4, 0.5) is 0 Å². The van der Waals surface area contributed by atoms with Gasteiger partial charge in [-0.2, -0.15) is 0 Å². The molecule has 1 aliphatic rings. The molecule has 0 aromatic heterocycles. The lowest BCUT2D eigenvalue weighted by Gasteiger charge is -2.21. The molecule has 0 radical (unpaired) electrons. The predicted molar refractivity (Wildman–Crippen MR) is 110 cm³/mol. The van der Waals surface area contributed by atoms with Gasteiger partial charge in [0.1, 0.15) is 0 Å². The highest BCUT2D eigenvalue weighted by molar-refractivity contribution is 14.0. The van der Waals surface area contributed by atoms with E-state index in [1.807, 2.05) is 13.8 Å². The van der Waals surface area contributed by atoms with Crippen molar-refractivity contribution in [3.8, 4) is 0 Å². The average molecular weight is 471 g/mol. The van der Waals surface area contributed by atoms with Gasteiger partial charge in [0.05, 0.1) is 19.6 Å². The number of carbonyl (C=O) groups excluding carboxylic acids is 1. The Hall–Kier alpha value is -0.610. The number of nitrogens with zero attached hydrogens (tertiary/aromatic N) is 1. The van der Waals surface area contributed by atoms with Crippen LogP contribution < -0.4 is 10.6 Å². The second-order valence-corrected chi connectivity index (χ2v) is 6.05. The highest BCUT2D eigenvalue weighted by Gasteiger charge is 2.14. The zero-order valence-corrected chi connectivity index (χ0v) is 18.0. The molecule has 0 aromatic carbocycles. The Kier molecular flexibility index (Phi) is 15.2. The number of carbonyl (C=O) groups is 1. The predicted octanol–water partition coefficient (Wildman–Crippen LogP) is 1.80. The standard InChI is InChI=1S/C17H33N3O4.HI/c1-4-18-17(20-12-14(2)16(21)22-3)19-8-5-9-24-13-15-6-10-23-11-7-15;/h14-15H,4-13H2,1-3H3,(H2,18,19,20);1H. The Balaban J connectivity index is 0.00000576. The van der Waals surface area contributed by atoms with E-state index in [1.165, 1.54) is 7.11 Å². The summed E-state index contributed by atoms with van der Waals surface area (Å²) in [6.45, 7) is 9.08. The van der Waals surface area contributed by atoms with Crippen molar-refractivity contribution in [2.24, 2.45) is 16.8 Å². The van der Waals surface area contributed by atoms with Crippen molar-refractivity contribution >= 4 is 35.9 Å². The van der Waals surface area contributed by atoms with Crippen LogP contribution in [-0.4, -0.2) is 65.1 Å². The summed E-state index contributed by atoms with van der Waals surface area (Å²) in [6.07, 6.45) is 3.13. The number of halogens is 1. The number of esters is 1. The molecule has 1 heterocycles. The largest absolute Gasteiger partial charge is 0.469 e. The summed E-state index contributed by atoms with van der Waals surface area (Å²) in [7, 11) is 1.40. The van der Waals surface area contributed by atoms with E-state index >= 15 is 0 Å². The van der Waals surface area contributed by atoms with Gasteiger partial charge >= 0.3 is 5.97 Å². The minimum Gasteiger partial charge on any atom is -0.469 e. The first-order valence-electron chi connectivity index (χ1n) is 8.92. The number of aliphatic imine (C=N–C) groups is 1. The van der Waals surface area contributed by atoms with Crippen molar-refractivity contribution in [1.29, 1.82) is 0 Å². The third-order valence-corrected chi connectivity index (χ3v) is 3.92. The third-order valence-electron chi connectivity index (χ3n) is 3.92. The minimum absolute atomic E-state index is 0. The number of ether oxygens (including phenoxy) is 3. The first-order chi connectivity index (χ1) is 11.7. The van der Waals surface area contributed by atoms with E-state index in [1.54, 1.807) is 0 Å². The van der Waals surface area contributed by atoms with Crippen molar-refractivity contribution in [3.05, 3.63) is 0 Å². The first kappa shape index (κ1) is 24.4. The Bertz CT molecular complexity index is 377. The Morgan fingerprint density at radius 2 is 2.04 bits per heavy atom. The molecule has 8 heteroatoms. The van der Waals surface area contributed by atoms with Crippen molar-refractivity contribution in [2.45, 2.75) is 33.1 Å². The monoisotopic (exact) mass is 471 g/mol. The summed E-state index contributed by atoms with van der Waals surface area (Å²) in [4.78, 5) is 15.8. The van der Waals surface area contributed by atoms with Crippen molar-refractivity contribution in [1.82, 2.24) is 10.6 Å². The summed E-state index contributed by atoms with van der Waals surface area (Å²) in [6, 6.07) is 0. The fourth-order valence-electron chi connectivity index (χ4n) is 2.39. The molecular formula is C17H34IN3O4. The molecule has 1 rings (SSSR count). The van der Waals surface area contributed by atoms with Gasteiger partial charge in [0.2, 0.25) is 0 Å². The van der Waals surface area contributed by atoms with Crippen LogP contribution in [0.3, 0.4) is 0 Å². The lowest BCUT2D eigenvalue weighted by Crippen LogP contribution is -2.38. The lowest BCUT2D eigenvalue weighted by molar-refractivity contribution is -0.144. The molecule has 7 nitrogen and oxygen atoms in total. The van der Waals surface area contributed by atoms with Crippen molar-refractivity contribution < 1.29 is 19.0 Å². The maximum atomic E-state index is 11.4. The zero-order chi connectivity index (χ0) is 17.6. The summed E-state index contributed by atoms with van der Waals surface area (Å²) < 4.78 is 15.8. The molecule has 1 saturated heterocycles.